The van der Waals surface area contributed by atoms with Gasteiger partial charge in [0.25, 0.3) is 0 Å². The maximum absolute atomic E-state index is 13.8. The van der Waals surface area contributed by atoms with E-state index in [1.54, 1.807) is 31.2 Å². The van der Waals surface area contributed by atoms with Crippen LogP contribution >= 0.6 is 0 Å². The first-order valence-corrected chi connectivity index (χ1v) is 6.67. The van der Waals surface area contributed by atoms with E-state index in [0.29, 0.717) is 12.1 Å². The number of nitrogens with one attached hydrogen (secondary N) is 1. The van der Waals surface area contributed by atoms with Crippen LogP contribution in [0.15, 0.2) is 30.3 Å². The summed E-state index contributed by atoms with van der Waals surface area (Å²) in [5.74, 6) is 0.0767. The van der Waals surface area contributed by atoms with Gasteiger partial charge in [0.1, 0.15) is 0 Å². The van der Waals surface area contributed by atoms with Gasteiger partial charge in [-0.3, -0.25) is 0 Å². The number of aryl methyl sites for hydroxylation is 1. The second-order valence-electron chi connectivity index (χ2n) is 4.53. The van der Waals surface area contributed by atoms with Crippen molar-refractivity contribution < 1.29 is 9.13 Å². The van der Waals surface area contributed by atoms with Crippen molar-refractivity contribution in [1.29, 1.82) is 0 Å². The highest BCUT2D eigenvalue weighted by Crippen LogP contribution is 2.24. The SMILES string of the molecule is CCCNCc1ccc(Oc2cccc(C)c2F)nn1. The van der Waals surface area contributed by atoms with E-state index in [-0.39, 0.29) is 17.4 Å². The minimum atomic E-state index is -0.372. The smallest absolute Gasteiger partial charge is 0.239 e. The topological polar surface area (TPSA) is 47.0 Å². The molecular formula is C15H18FN3O. The maximum Gasteiger partial charge on any atom is 0.239 e. The van der Waals surface area contributed by atoms with Gasteiger partial charge in [-0.1, -0.05) is 19.1 Å². The zero-order valence-electron chi connectivity index (χ0n) is 11.7. The van der Waals surface area contributed by atoms with Crippen LogP contribution in [0.1, 0.15) is 24.6 Å². The molecule has 1 aromatic heterocycles. The summed E-state index contributed by atoms with van der Waals surface area (Å²) in [6, 6.07) is 8.51. The number of hydrogen-bond acceptors (Lipinski definition) is 4. The number of benzene rings is 1. The Morgan fingerprint density at radius 2 is 2.05 bits per heavy atom. The molecule has 0 aliphatic carbocycles. The lowest BCUT2D eigenvalue weighted by Gasteiger charge is -2.07. The molecular weight excluding hydrogens is 257 g/mol. The lowest BCUT2D eigenvalue weighted by molar-refractivity contribution is 0.419. The second kappa shape index (κ2) is 6.96. The summed E-state index contributed by atoms with van der Waals surface area (Å²) in [7, 11) is 0. The van der Waals surface area contributed by atoms with Gasteiger partial charge in [0, 0.05) is 12.6 Å². The van der Waals surface area contributed by atoms with E-state index < -0.39 is 0 Å². The van der Waals surface area contributed by atoms with Gasteiger partial charge in [-0.2, -0.15) is 5.10 Å². The fourth-order valence-electron chi connectivity index (χ4n) is 1.70. The normalized spacial score (nSPS) is 10.6. The van der Waals surface area contributed by atoms with Crippen molar-refractivity contribution in [3.63, 3.8) is 0 Å². The number of aromatic nitrogens is 2. The molecule has 2 aromatic rings. The van der Waals surface area contributed by atoms with Crippen molar-refractivity contribution in [2.45, 2.75) is 26.8 Å². The Kier molecular flexibility index (Phi) is 5.01. The molecule has 0 spiro atoms. The van der Waals surface area contributed by atoms with Crippen molar-refractivity contribution in [2.75, 3.05) is 6.54 Å². The van der Waals surface area contributed by atoms with Crippen LogP contribution in [0.25, 0.3) is 0 Å². The molecule has 1 N–H and O–H groups in total. The average Bonchev–Trinajstić information content (AvgIpc) is 2.46. The summed E-state index contributed by atoms with van der Waals surface area (Å²) in [6.45, 7) is 5.40. The van der Waals surface area contributed by atoms with Gasteiger partial charge in [-0.15, -0.1) is 5.10 Å². The second-order valence-corrected chi connectivity index (χ2v) is 4.53. The number of rotatable bonds is 6. The van der Waals surface area contributed by atoms with Gasteiger partial charge >= 0.3 is 0 Å². The molecule has 0 saturated heterocycles. The van der Waals surface area contributed by atoms with Crippen molar-refractivity contribution in [3.8, 4) is 11.6 Å². The number of nitrogens with zero attached hydrogens (tertiary/aromatic N) is 2. The van der Waals surface area contributed by atoms with Crippen molar-refractivity contribution >= 4 is 0 Å². The van der Waals surface area contributed by atoms with E-state index in [9.17, 15) is 4.39 Å². The van der Waals surface area contributed by atoms with Gasteiger partial charge in [0.15, 0.2) is 11.6 Å². The molecule has 0 amide bonds. The van der Waals surface area contributed by atoms with Crippen molar-refractivity contribution in [3.05, 3.63) is 47.4 Å². The minimum Gasteiger partial charge on any atom is -0.434 e. The fraction of sp³-hybridized carbons (Fsp3) is 0.333. The van der Waals surface area contributed by atoms with Gasteiger partial charge < -0.3 is 10.1 Å². The van der Waals surface area contributed by atoms with Gasteiger partial charge in [-0.25, -0.2) is 4.39 Å². The van der Waals surface area contributed by atoms with Crippen LogP contribution in [0, 0.1) is 12.7 Å². The third-order valence-electron chi connectivity index (χ3n) is 2.80. The van der Waals surface area contributed by atoms with E-state index in [4.69, 9.17) is 4.74 Å². The molecule has 106 valence electrons. The first-order chi connectivity index (χ1) is 9.70. The summed E-state index contributed by atoms with van der Waals surface area (Å²) < 4.78 is 19.2. The number of ether oxygens (including phenoxy) is 1. The van der Waals surface area contributed by atoms with Gasteiger partial charge in [-0.05, 0) is 37.6 Å². The monoisotopic (exact) mass is 275 g/mol. The number of hydrogen-bond donors (Lipinski definition) is 1. The lowest BCUT2D eigenvalue weighted by atomic mass is 10.2. The van der Waals surface area contributed by atoms with Crippen molar-refractivity contribution in [2.24, 2.45) is 0 Å². The highest BCUT2D eigenvalue weighted by molar-refractivity contribution is 5.32. The molecule has 0 aliphatic heterocycles. The highest BCUT2D eigenvalue weighted by atomic mass is 19.1. The molecule has 1 aromatic carbocycles. The molecule has 0 bridgehead atoms. The molecule has 0 unspecified atom stereocenters. The summed E-state index contributed by atoms with van der Waals surface area (Å²) >= 11 is 0. The quantitative estimate of drug-likeness (QED) is 0.822. The Labute approximate surface area is 118 Å². The van der Waals surface area contributed by atoms with E-state index >= 15 is 0 Å². The Morgan fingerprint density at radius 3 is 2.75 bits per heavy atom. The molecule has 0 fully saturated rings. The average molecular weight is 275 g/mol. The van der Waals surface area contributed by atoms with Crippen molar-refractivity contribution in [1.82, 2.24) is 15.5 Å². The zero-order valence-corrected chi connectivity index (χ0v) is 11.7. The Morgan fingerprint density at radius 1 is 1.20 bits per heavy atom. The molecule has 5 heteroatoms. The molecule has 0 atom stereocenters. The Balaban J connectivity index is 2.01. The summed E-state index contributed by atoms with van der Waals surface area (Å²) in [5, 5.41) is 11.2. The third-order valence-corrected chi connectivity index (χ3v) is 2.80. The molecule has 1 heterocycles. The van der Waals surface area contributed by atoms with Crippen LogP contribution < -0.4 is 10.1 Å². The van der Waals surface area contributed by atoms with E-state index in [2.05, 4.69) is 22.4 Å². The molecule has 2 rings (SSSR count). The predicted molar refractivity (Wildman–Crippen MR) is 75.2 cm³/mol. The highest BCUT2D eigenvalue weighted by Gasteiger charge is 2.08. The molecule has 20 heavy (non-hydrogen) atoms. The summed E-state index contributed by atoms with van der Waals surface area (Å²) in [6.07, 6.45) is 1.07. The van der Waals surface area contributed by atoms with Crippen LogP contribution in [-0.4, -0.2) is 16.7 Å². The Hall–Kier alpha value is -2.01. The Bertz CT molecular complexity index is 558. The van der Waals surface area contributed by atoms with Crippen LogP contribution in [0.5, 0.6) is 11.6 Å². The summed E-state index contributed by atoms with van der Waals surface area (Å²) in [4.78, 5) is 0. The predicted octanol–water partition coefficient (Wildman–Crippen LogP) is 3.22. The van der Waals surface area contributed by atoms with Crippen LogP contribution in [0.2, 0.25) is 0 Å². The van der Waals surface area contributed by atoms with Crippen LogP contribution in [0.3, 0.4) is 0 Å². The summed E-state index contributed by atoms with van der Waals surface area (Å²) in [5.41, 5.74) is 1.37. The molecule has 0 saturated carbocycles. The fourth-order valence-corrected chi connectivity index (χ4v) is 1.70. The molecule has 0 aliphatic rings. The molecule has 4 nitrogen and oxygen atoms in total. The maximum atomic E-state index is 13.8. The number of halogens is 1. The first-order valence-electron chi connectivity index (χ1n) is 6.67. The standard InChI is InChI=1S/C15H18FN3O/c1-3-9-17-10-12-7-8-14(19-18-12)20-13-6-4-5-11(2)15(13)16/h4-8,17H,3,9-10H2,1-2H3. The van der Waals surface area contributed by atoms with Crippen LogP contribution in [0.4, 0.5) is 4.39 Å². The van der Waals surface area contributed by atoms with Gasteiger partial charge in [0.05, 0.1) is 5.69 Å². The largest absolute Gasteiger partial charge is 0.434 e. The van der Waals surface area contributed by atoms with Crippen LogP contribution in [-0.2, 0) is 6.54 Å². The van der Waals surface area contributed by atoms with E-state index in [1.165, 1.54) is 0 Å². The lowest BCUT2D eigenvalue weighted by Crippen LogP contribution is -2.15. The minimum absolute atomic E-state index is 0.163. The van der Waals surface area contributed by atoms with E-state index in [1.807, 2.05) is 6.07 Å². The first kappa shape index (κ1) is 14.4. The zero-order chi connectivity index (χ0) is 14.4. The molecule has 0 radical (unpaired) electrons. The van der Waals surface area contributed by atoms with Gasteiger partial charge in [0.2, 0.25) is 5.88 Å². The van der Waals surface area contributed by atoms with E-state index in [0.717, 1.165) is 18.7 Å². The third kappa shape index (κ3) is 3.74.